The third-order valence-electron chi connectivity index (χ3n) is 3.76. The fourth-order valence-corrected chi connectivity index (χ4v) is 2.12. The molecule has 0 saturated heterocycles. The average Bonchev–Trinajstić information content (AvgIpc) is 3.11. The van der Waals surface area contributed by atoms with Crippen LogP contribution in [0.5, 0.6) is 0 Å². The maximum atomic E-state index is 12.0. The van der Waals surface area contributed by atoms with Gasteiger partial charge in [0.1, 0.15) is 0 Å². The maximum Gasteiger partial charge on any atom is 0.227 e. The molecule has 1 N–H and O–H groups in total. The standard InChI is InChI=1S/C16H23NO/c1-11(12-5-6-12)15(18)17-14-9-7-13(8-10-14)16(2,3)4/h7-12H,5-6H2,1-4H3,(H,17,18). The molecule has 0 spiro atoms. The third kappa shape index (κ3) is 3.12. The van der Waals surface area contributed by atoms with Crippen LogP contribution in [0, 0.1) is 11.8 Å². The molecule has 2 heteroatoms. The minimum Gasteiger partial charge on any atom is -0.326 e. The normalized spacial score (nSPS) is 17.3. The molecule has 1 aliphatic carbocycles. The van der Waals surface area contributed by atoms with Crippen LogP contribution in [0.3, 0.4) is 0 Å². The second-order valence-electron chi connectivity index (χ2n) is 6.44. The molecule has 2 rings (SSSR count). The van der Waals surface area contributed by atoms with E-state index in [1.807, 2.05) is 19.1 Å². The van der Waals surface area contributed by atoms with Gasteiger partial charge in [-0.05, 0) is 41.9 Å². The zero-order valence-corrected chi connectivity index (χ0v) is 11.8. The number of nitrogens with one attached hydrogen (secondary N) is 1. The van der Waals surface area contributed by atoms with Crippen molar-refractivity contribution in [1.29, 1.82) is 0 Å². The SMILES string of the molecule is CC(C(=O)Nc1ccc(C(C)(C)C)cc1)C1CC1. The lowest BCUT2D eigenvalue weighted by molar-refractivity contribution is -0.119. The van der Waals surface area contributed by atoms with Gasteiger partial charge in [0, 0.05) is 11.6 Å². The molecule has 0 aromatic heterocycles. The molecule has 1 amide bonds. The summed E-state index contributed by atoms with van der Waals surface area (Å²) < 4.78 is 0. The first-order valence-corrected chi connectivity index (χ1v) is 6.79. The molecule has 1 atom stereocenters. The molecule has 0 bridgehead atoms. The number of carbonyl (C=O) groups is 1. The minimum atomic E-state index is 0.146. The van der Waals surface area contributed by atoms with Gasteiger partial charge in [-0.15, -0.1) is 0 Å². The van der Waals surface area contributed by atoms with Crippen molar-refractivity contribution in [2.24, 2.45) is 11.8 Å². The fraction of sp³-hybridized carbons (Fsp3) is 0.562. The number of anilines is 1. The Labute approximate surface area is 110 Å². The zero-order chi connectivity index (χ0) is 13.3. The predicted molar refractivity (Wildman–Crippen MR) is 75.7 cm³/mol. The average molecular weight is 245 g/mol. The molecule has 98 valence electrons. The Hall–Kier alpha value is -1.31. The second-order valence-corrected chi connectivity index (χ2v) is 6.44. The Kier molecular flexibility index (Phi) is 3.47. The Bertz CT molecular complexity index is 423. The molecule has 1 aliphatic rings. The molecule has 1 saturated carbocycles. The van der Waals surface area contributed by atoms with Crippen molar-refractivity contribution >= 4 is 11.6 Å². The Morgan fingerprint density at radius 2 is 1.78 bits per heavy atom. The summed E-state index contributed by atoms with van der Waals surface area (Å²) in [4.78, 5) is 12.0. The summed E-state index contributed by atoms with van der Waals surface area (Å²) in [6, 6.07) is 8.19. The van der Waals surface area contributed by atoms with Gasteiger partial charge in [-0.1, -0.05) is 39.8 Å². The van der Waals surface area contributed by atoms with Gasteiger partial charge in [0.2, 0.25) is 5.91 Å². The molecule has 0 radical (unpaired) electrons. The number of hydrogen-bond donors (Lipinski definition) is 1. The number of rotatable bonds is 3. The van der Waals surface area contributed by atoms with E-state index in [9.17, 15) is 4.79 Å². The van der Waals surface area contributed by atoms with Gasteiger partial charge >= 0.3 is 0 Å². The summed E-state index contributed by atoms with van der Waals surface area (Å²) in [6.07, 6.45) is 2.41. The van der Waals surface area contributed by atoms with E-state index in [1.165, 1.54) is 18.4 Å². The molecule has 1 aromatic rings. The van der Waals surface area contributed by atoms with E-state index in [-0.39, 0.29) is 17.2 Å². The topological polar surface area (TPSA) is 29.1 Å². The van der Waals surface area contributed by atoms with Gasteiger partial charge in [-0.3, -0.25) is 4.79 Å². The van der Waals surface area contributed by atoms with Crippen LogP contribution >= 0.6 is 0 Å². The van der Waals surface area contributed by atoms with Crippen LogP contribution in [0.2, 0.25) is 0 Å². The molecular formula is C16H23NO. The number of hydrogen-bond acceptors (Lipinski definition) is 1. The highest BCUT2D eigenvalue weighted by molar-refractivity contribution is 5.92. The van der Waals surface area contributed by atoms with Crippen molar-refractivity contribution < 1.29 is 4.79 Å². The van der Waals surface area contributed by atoms with Gasteiger partial charge < -0.3 is 5.32 Å². The van der Waals surface area contributed by atoms with Gasteiger partial charge in [0.15, 0.2) is 0 Å². The van der Waals surface area contributed by atoms with Crippen LogP contribution in [0.1, 0.15) is 46.1 Å². The monoisotopic (exact) mass is 245 g/mol. The Morgan fingerprint density at radius 3 is 2.22 bits per heavy atom. The molecule has 1 unspecified atom stereocenters. The summed E-state index contributed by atoms with van der Waals surface area (Å²) in [5, 5.41) is 3.00. The summed E-state index contributed by atoms with van der Waals surface area (Å²) in [7, 11) is 0. The van der Waals surface area contributed by atoms with Crippen molar-refractivity contribution in [3.63, 3.8) is 0 Å². The van der Waals surface area contributed by atoms with E-state index in [1.54, 1.807) is 0 Å². The summed E-state index contributed by atoms with van der Waals surface area (Å²) in [5.74, 6) is 0.909. The van der Waals surface area contributed by atoms with Gasteiger partial charge in [0.25, 0.3) is 0 Å². The molecule has 2 nitrogen and oxygen atoms in total. The van der Waals surface area contributed by atoms with Gasteiger partial charge in [-0.25, -0.2) is 0 Å². The fourth-order valence-electron chi connectivity index (χ4n) is 2.12. The summed E-state index contributed by atoms with van der Waals surface area (Å²) in [6.45, 7) is 8.60. The van der Waals surface area contributed by atoms with E-state index in [4.69, 9.17) is 0 Å². The van der Waals surface area contributed by atoms with Crippen molar-refractivity contribution in [2.75, 3.05) is 5.32 Å². The van der Waals surface area contributed by atoms with Crippen LogP contribution < -0.4 is 5.32 Å². The Balaban J connectivity index is 1.99. The minimum absolute atomic E-state index is 0.146. The molecule has 0 heterocycles. The van der Waals surface area contributed by atoms with E-state index in [0.717, 1.165) is 5.69 Å². The van der Waals surface area contributed by atoms with Crippen LogP contribution in [-0.4, -0.2) is 5.91 Å². The first-order chi connectivity index (χ1) is 8.38. The predicted octanol–water partition coefficient (Wildman–Crippen LogP) is 3.97. The lowest BCUT2D eigenvalue weighted by Crippen LogP contribution is -2.21. The van der Waals surface area contributed by atoms with Crippen LogP contribution in [0.15, 0.2) is 24.3 Å². The first kappa shape index (κ1) is 13.1. The number of benzene rings is 1. The number of amides is 1. The van der Waals surface area contributed by atoms with Crippen LogP contribution in [-0.2, 0) is 10.2 Å². The van der Waals surface area contributed by atoms with Crippen LogP contribution in [0.25, 0.3) is 0 Å². The molecule has 1 aromatic carbocycles. The number of carbonyl (C=O) groups excluding carboxylic acids is 1. The molecule has 18 heavy (non-hydrogen) atoms. The third-order valence-corrected chi connectivity index (χ3v) is 3.76. The zero-order valence-electron chi connectivity index (χ0n) is 11.8. The van der Waals surface area contributed by atoms with Gasteiger partial charge in [0.05, 0.1) is 0 Å². The molecule has 1 fully saturated rings. The Morgan fingerprint density at radius 1 is 1.22 bits per heavy atom. The highest BCUT2D eigenvalue weighted by Gasteiger charge is 2.32. The summed E-state index contributed by atoms with van der Waals surface area (Å²) >= 11 is 0. The van der Waals surface area contributed by atoms with Crippen molar-refractivity contribution in [2.45, 2.75) is 46.0 Å². The molecule has 0 aliphatic heterocycles. The molecular weight excluding hydrogens is 222 g/mol. The van der Waals surface area contributed by atoms with Gasteiger partial charge in [-0.2, -0.15) is 0 Å². The largest absolute Gasteiger partial charge is 0.326 e. The maximum absolute atomic E-state index is 12.0. The lowest BCUT2D eigenvalue weighted by atomic mass is 9.87. The van der Waals surface area contributed by atoms with E-state index < -0.39 is 0 Å². The van der Waals surface area contributed by atoms with E-state index >= 15 is 0 Å². The van der Waals surface area contributed by atoms with E-state index in [2.05, 4.69) is 38.2 Å². The highest BCUT2D eigenvalue weighted by Crippen LogP contribution is 2.37. The van der Waals surface area contributed by atoms with Crippen molar-refractivity contribution in [1.82, 2.24) is 0 Å². The first-order valence-electron chi connectivity index (χ1n) is 6.79. The smallest absolute Gasteiger partial charge is 0.227 e. The second kappa shape index (κ2) is 4.75. The van der Waals surface area contributed by atoms with E-state index in [0.29, 0.717) is 5.92 Å². The quantitative estimate of drug-likeness (QED) is 0.857. The van der Waals surface area contributed by atoms with Crippen LogP contribution in [0.4, 0.5) is 5.69 Å². The van der Waals surface area contributed by atoms with Crippen molar-refractivity contribution in [3.8, 4) is 0 Å². The van der Waals surface area contributed by atoms with Crippen molar-refractivity contribution in [3.05, 3.63) is 29.8 Å². The highest BCUT2D eigenvalue weighted by atomic mass is 16.1. The lowest BCUT2D eigenvalue weighted by Gasteiger charge is -2.19. The summed E-state index contributed by atoms with van der Waals surface area (Å²) in [5.41, 5.74) is 2.35.